The summed E-state index contributed by atoms with van der Waals surface area (Å²) in [5.74, 6) is 0. The second-order valence-corrected chi connectivity index (χ2v) is 3.28. The van der Waals surface area contributed by atoms with Crippen molar-refractivity contribution in [3.05, 3.63) is 0 Å². The molecule has 0 aliphatic carbocycles. The van der Waals surface area contributed by atoms with Gasteiger partial charge in [0.25, 0.3) is 0 Å². The van der Waals surface area contributed by atoms with Crippen LogP contribution in [0, 0.1) is 0 Å². The number of unbranched alkanes of at least 4 members (excludes halogenated alkanes) is 1. The summed E-state index contributed by atoms with van der Waals surface area (Å²) in [5, 5.41) is 0. The highest BCUT2D eigenvalue weighted by Gasteiger charge is 2.08. The van der Waals surface area contributed by atoms with Crippen molar-refractivity contribution in [1.82, 2.24) is 0 Å². The third-order valence-corrected chi connectivity index (χ3v) is 1.97. The molecule has 0 amide bonds. The molecule has 0 unspecified atom stereocenters. The lowest BCUT2D eigenvalue weighted by molar-refractivity contribution is 0.220. The van der Waals surface area contributed by atoms with Crippen molar-refractivity contribution in [2.45, 2.75) is 26.7 Å². The smallest absolute Gasteiger partial charge is 0.248 e. The zero-order chi connectivity index (χ0) is 8.74. The predicted molar refractivity (Wildman–Crippen MR) is 41.4 cm³/mol. The second-order valence-electron chi connectivity index (χ2n) is 1.99. The molecule has 0 radical (unpaired) electrons. The van der Waals surface area contributed by atoms with Crippen LogP contribution in [0.3, 0.4) is 0 Å². The molecular weight excluding hydrogens is 168 g/mol. The van der Waals surface area contributed by atoms with Crippen molar-refractivity contribution < 1.29 is 16.8 Å². The first kappa shape index (κ1) is 10.9. The molecule has 0 saturated heterocycles. The molecule has 0 fully saturated rings. The molecule has 0 spiro atoms. The number of hydrogen-bond acceptors (Lipinski definition) is 4. The van der Waals surface area contributed by atoms with Crippen LogP contribution in [0.25, 0.3) is 0 Å². The fourth-order valence-electron chi connectivity index (χ4n) is 0.484. The monoisotopic (exact) mass is 182 g/mol. The van der Waals surface area contributed by atoms with E-state index >= 15 is 0 Å². The average molecular weight is 182 g/mol. The first-order valence-corrected chi connectivity index (χ1v) is 4.99. The minimum absolute atomic E-state index is 0.120. The SMILES string of the molecule is CCCCOS(=O)(=O)OCC. The average Bonchev–Trinajstić information content (AvgIpc) is 1.87. The van der Waals surface area contributed by atoms with Gasteiger partial charge in [0.15, 0.2) is 0 Å². The molecule has 0 aromatic carbocycles. The van der Waals surface area contributed by atoms with E-state index in [1.54, 1.807) is 6.92 Å². The van der Waals surface area contributed by atoms with Crippen molar-refractivity contribution in [3.8, 4) is 0 Å². The third kappa shape index (κ3) is 6.28. The molecule has 5 heteroatoms. The normalized spacial score (nSPS) is 11.8. The molecule has 0 aromatic heterocycles. The fourth-order valence-corrected chi connectivity index (χ4v) is 1.16. The van der Waals surface area contributed by atoms with E-state index in [0.717, 1.165) is 12.8 Å². The Balaban J connectivity index is 3.56. The minimum Gasteiger partial charge on any atom is -0.248 e. The molecule has 0 aromatic rings. The van der Waals surface area contributed by atoms with Crippen molar-refractivity contribution in [3.63, 3.8) is 0 Å². The van der Waals surface area contributed by atoms with Crippen molar-refractivity contribution in [2.75, 3.05) is 13.2 Å². The van der Waals surface area contributed by atoms with E-state index in [9.17, 15) is 8.42 Å². The summed E-state index contributed by atoms with van der Waals surface area (Å²) in [6.07, 6.45) is 1.63. The van der Waals surface area contributed by atoms with Gasteiger partial charge < -0.3 is 0 Å². The van der Waals surface area contributed by atoms with Crippen LogP contribution >= 0.6 is 0 Å². The van der Waals surface area contributed by atoms with Crippen molar-refractivity contribution in [2.24, 2.45) is 0 Å². The zero-order valence-electron chi connectivity index (χ0n) is 6.87. The van der Waals surface area contributed by atoms with Crippen LogP contribution in [0.5, 0.6) is 0 Å². The lowest BCUT2D eigenvalue weighted by Crippen LogP contribution is -2.10. The molecule has 0 rings (SSSR count). The molecule has 0 atom stereocenters. The summed E-state index contributed by atoms with van der Waals surface area (Å²) in [4.78, 5) is 0. The highest BCUT2D eigenvalue weighted by Crippen LogP contribution is 1.97. The Morgan fingerprint density at radius 2 is 1.82 bits per heavy atom. The number of rotatable bonds is 6. The van der Waals surface area contributed by atoms with Crippen LogP contribution in [-0.4, -0.2) is 21.6 Å². The summed E-state index contributed by atoms with van der Waals surface area (Å²) in [6, 6.07) is 0. The topological polar surface area (TPSA) is 52.6 Å². The molecule has 0 saturated carbocycles. The van der Waals surface area contributed by atoms with Gasteiger partial charge in [-0.25, -0.2) is 8.37 Å². The molecule has 0 aliphatic rings. The fraction of sp³-hybridized carbons (Fsp3) is 1.00. The van der Waals surface area contributed by atoms with E-state index in [2.05, 4.69) is 8.37 Å². The minimum atomic E-state index is -3.70. The van der Waals surface area contributed by atoms with E-state index < -0.39 is 10.4 Å². The summed E-state index contributed by atoms with van der Waals surface area (Å²) in [5.41, 5.74) is 0. The molecule has 0 heterocycles. The van der Waals surface area contributed by atoms with E-state index in [4.69, 9.17) is 0 Å². The summed E-state index contributed by atoms with van der Waals surface area (Å²) in [7, 11) is -3.70. The van der Waals surface area contributed by atoms with Gasteiger partial charge in [0, 0.05) is 0 Å². The summed E-state index contributed by atoms with van der Waals surface area (Å²) < 4.78 is 30.1. The maximum atomic E-state index is 10.7. The molecule has 68 valence electrons. The van der Waals surface area contributed by atoms with Gasteiger partial charge in [-0.1, -0.05) is 13.3 Å². The molecule has 0 bridgehead atoms. The Labute approximate surface area is 67.8 Å². The van der Waals surface area contributed by atoms with Crippen LogP contribution in [-0.2, 0) is 18.8 Å². The van der Waals surface area contributed by atoms with E-state index in [1.165, 1.54) is 0 Å². The first-order valence-electron chi connectivity index (χ1n) is 3.66. The summed E-state index contributed by atoms with van der Waals surface area (Å²) >= 11 is 0. The lowest BCUT2D eigenvalue weighted by atomic mass is 10.4. The maximum Gasteiger partial charge on any atom is 0.399 e. The summed E-state index contributed by atoms with van der Waals surface area (Å²) in [6.45, 7) is 3.88. The van der Waals surface area contributed by atoms with Gasteiger partial charge in [0.05, 0.1) is 13.2 Å². The van der Waals surface area contributed by atoms with Gasteiger partial charge in [0.1, 0.15) is 0 Å². The standard InChI is InChI=1S/C6H14O4S/c1-3-5-6-10-11(7,8)9-4-2/h3-6H2,1-2H3. The van der Waals surface area contributed by atoms with E-state index in [0.29, 0.717) is 0 Å². The maximum absolute atomic E-state index is 10.7. The van der Waals surface area contributed by atoms with Crippen LogP contribution in [0.2, 0.25) is 0 Å². The lowest BCUT2D eigenvalue weighted by Gasteiger charge is -2.02. The van der Waals surface area contributed by atoms with Crippen LogP contribution in [0.15, 0.2) is 0 Å². The van der Waals surface area contributed by atoms with Gasteiger partial charge in [-0.05, 0) is 13.3 Å². The number of hydrogen-bond donors (Lipinski definition) is 0. The molecule has 4 nitrogen and oxygen atoms in total. The Bertz CT molecular complexity index is 173. The molecule has 0 N–H and O–H groups in total. The molecular formula is C6H14O4S. The van der Waals surface area contributed by atoms with E-state index in [-0.39, 0.29) is 13.2 Å². The van der Waals surface area contributed by atoms with Gasteiger partial charge >= 0.3 is 10.4 Å². The Kier molecular flexibility index (Phi) is 5.45. The Morgan fingerprint density at radius 1 is 1.18 bits per heavy atom. The molecule has 0 aliphatic heterocycles. The third-order valence-electron chi connectivity index (χ3n) is 0.988. The largest absolute Gasteiger partial charge is 0.399 e. The van der Waals surface area contributed by atoms with Crippen LogP contribution in [0.4, 0.5) is 0 Å². The van der Waals surface area contributed by atoms with E-state index in [1.807, 2.05) is 6.92 Å². The van der Waals surface area contributed by atoms with Crippen LogP contribution < -0.4 is 0 Å². The van der Waals surface area contributed by atoms with Gasteiger partial charge in [0.2, 0.25) is 0 Å². The zero-order valence-corrected chi connectivity index (χ0v) is 7.69. The van der Waals surface area contributed by atoms with Crippen molar-refractivity contribution in [1.29, 1.82) is 0 Å². The van der Waals surface area contributed by atoms with Crippen LogP contribution in [0.1, 0.15) is 26.7 Å². The second kappa shape index (κ2) is 5.51. The highest BCUT2D eigenvalue weighted by molar-refractivity contribution is 7.81. The quantitative estimate of drug-likeness (QED) is 0.577. The highest BCUT2D eigenvalue weighted by atomic mass is 32.3. The predicted octanol–water partition coefficient (Wildman–Crippen LogP) is 1.08. The molecule has 11 heavy (non-hydrogen) atoms. The Morgan fingerprint density at radius 3 is 2.27 bits per heavy atom. The van der Waals surface area contributed by atoms with Gasteiger partial charge in [-0.3, -0.25) is 0 Å². The van der Waals surface area contributed by atoms with Crippen molar-refractivity contribution >= 4 is 10.4 Å². The Hall–Kier alpha value is -0.130. The first-order chi connectivity index (χ1) is 5.12. The van der Waals surface area contributed by atoms with Gasteiger partial charge in [-0.2, -0.15) is 8.42 Å². The van der Waals surface area contributed by atoms with Gasteiger partial charge in [-0.15, -0.1) is 0 Å².